The van der Waals surface area contributed by atoms with Crippen LogP contribution in [0.5, 0.6) is 0 Å². The fraction of sp³-hybridized carbons (Fsp3) is 0.308. The summed E-state index contributed by atoms with van der Waals surface area (Å²) < 4.78 is 1.76. The standard InChI is InChI=1S/C13H15N3O2/c1-10-13(11-6-3-2-4-7-11)14-15-16(10)9-5-8-12(17)18/h2-4,6-7H,5,8-9H2,1H3,(H,17,18). The number of carboxylic acid groups (broad SMARTS) is 1. The number of aromatic nitrogens is 3. The van der Waals surface area contributed by atoms with Gasteiger partial charge in [-0.15, -0.1) is 5.10 Å². The molecule has 1 N–H and O–H groups in total. The number of hydrogen-bond donors (Lipinski definition) is 1. The zero-order valence-electron chi connectivity index (χ0n) is 10.2. The number of hydrogen-bond acceptors (Lipinski definition) is 3. The van der Waals surface area contributed by atoms with Gasteiger partial charge in [0.1, 0.15) is 5.69 Å². The number of rotatable bonds is 5. The van der Waals surface area contributed by atoms with Gasteiger partial charge in [0.25, 0.3) is 0 Å². The van der Waals surface area contributed by atoms with E-state index in [1.807, 2.05) is 37.3 Å². The van der Waals surface area contributed by atoms with E-state index >= 15 is 0 Å². The highest BCUT2D eigenvalue weighted by Crippen LogP contribution is 2.19. The van der Waals surface area contributed by atoms with E-state index < -0.39 is 5.97 Å². The Kier molecular flexibility index (Phi) is 3.72. The molecular weight excluding hydrogens is 230 g/mol. The van der Waals surface area contributed by atoms with Gasteiger partial charge in [-0.25, -0.2) is 4.68 Å². The molecule has 0 radical (unpaired) electrons. The first kappa shape index (κ1) is 12.3. The van der Waals surface area contributed by atoms with E-state index in [-0.39, 0.29) is 6.42 Å². The molecule has 0 unspecified atom stereocenters. The first-order chi connectivity index (χ1) is 8.68. The first-order valence-corrected chi connectivity index (χ1v) is 5.86. The Labute approximate surface area is 105 Å². The molecule has 0 saturated heterocycles. The van der Waals surface area contributed by atoms with Crippen molar-refractivity contribution in [1.29, 1.82) is 0 Å². The van der Waals surface area contributed by atoms with Crippen LogP contribution in [0.15, 0.2) is 30.3 Å². The summed E-state index contributed by atoms with van der Waals surface area (Å²) in [5.74, 6) is -0.781. The zero-order chi connectivity index (χ0) is 13.0. The summed E-state index contributed by atoms with van der Waals surface area (Å²) in [6.07, 6.45) is 0.716. The van der Waals surface area contributed by atoms with Crippen molar-refractivity contribution in [3.05, 3.63) is 36.0 Å². The van der Waals surface area contributed by atoms with E-state index in [9.17, 15) is 4.79 Å². The molecule has 0 aliphatic heterocycles. The fourth-order valence-corrected chi connectivity index (χ4v) is 1.82. The molecule has 2 aromatic rings. The first-order valence-electron chi connectivity index (χ1n) is 5.86. The van der Waals surface area contributed by atoms with Gasteiger partial charge in [-0.1, -0.05) is 35.5 Å². The summed E-state index contributed by atoms with van der Waals surface area (Å²) in [5.41, 5.74) is 2.84. The topological polar surface area (TPSA) is 68.0 Å². The second-order valence-electron chi connectivity index (χ2n) is 4.11. The third kappa shape index (κ3) is 2.74. The number of aryl methyl sites for hydroxylation is 1. The molecule has 1 aromatic carbocycles. The molecule has 0 saturated carbocycles. The maximum absolute atomic E-state index is 10.5. The van der Waals surface area contributed by atoms with Crippen LogP contribution in [0.3, 0.4) is 0 Å². The van der Waals surface area contributed by atoms with Crippen molar-refractivity contribution in [2.24, 2.45) is 0 Å². The Morgan fingerprint density at radius 3 is 2.72 bits per heavy atom. The van der Waals surface area contributed by atoms with Gasteiger partial charge in [0.15, 0.2) is 0 Å². The summed E-state index contributed by atoms with van der Waals surface area (Å²) in [6.45, 7) is 2.53. The predicted octanol–water partition coefficient (Wildman–Crippen LogP) is 2.12. The molecule has 1 aromatic heterocycles. The van der Waals surface area contributed by atoms with Gasteiger partial charge in [0, 0.05) is 18.5 Å². The van der Waals surface area contributed by atoms with Crippen LogP contribution in [-0.2, 0) is 11.3 Å². The monoisotopic (exact) mass is 245 g/mol. The normalized spacial score (nSPS) is 10.5. The highest BCUT2D eigenvalue weighted by molar-refractivity contribution is 5.66. The molecule has 1 heterocycles. The molecule has 0 aliphatic rings. The van der Waals surface area contributed by atoms with Gasteiger partial charge in [-0.2, -0.15) is 0 Å². The molecule has 0 atom stereocenters. The van der Waals surface area contributed by atoms with Crippen LogP contribution in [0.4, 0.5) is 0 Å². The van der Waals surface area contributed by atoms with E-state index in [4.69, 9.17) is 5.11 Å². The van der Waals surface area contributed by atoms with Crippen molar-refractivity contribution in [3.63, 3.8) is 0 Å². The number of carbonyl (C=O) groups is 1. The number of carboxylic acids is 1. The molecule has 5 nitrogen and oxygen atoms in total. The van der Waals surface area contributed by atoms with E-state index in [1.54, 1.807) is 4.68 Å². The Hall–Kier alpha value is -2.17. The molecule has 0 amide bonds. The van der Waals surface area contributed by atoms with Crippen LogP contribution in [0, 0.1) is 6.92 Å². The number of nitrogens with zero attached hydrogens (tertiary/aromatic N) is 3. The molecular formula is C13H15N3O2. The van der Waals surface area contributed by atoms with E-state index in [2.05, 4.69) is 10.3 Å². The highest BCUT2D eigenvalue weighted by Gasteiger charge is 2.10. The summed E-state index contributed by atoms with van der Waals surface area (Å²) in [7, 11) is 0. The molecule has 18 heavy (non-hydrogen) atoms. The van der Waals surface area contributed by atoms with Crippen LogP contribution in [-0.4, -0.2) is 26.1 Å². The Balaban J connectivity index is 2.12. The van der Waals surface area contributed by atoms with Crippen LogP contribution >= 0.6 is 0 Å². The van der Waals surface area contributed by atoms with Gasteiger partial charge < -0.3 is 5.11 Å². The van der Waals surface area contributed by atoms with Crippen LogP contribution in [0.25, 0.3) is 11.3 Å². The van der Waals surface area contributed by atoms with Crippen LogP contribution < -0.4 is 0 Å². The van der Waals surface area contributed by atoms with E-state index in [0.717, 1.165) is 17.0 Å². The van der Waals surface area contributed by atoms with Crippen molar-refractivity contribution in [2.75, 3.05) is 0 Å². The maximum Gasteiger partial charge on any atom is 0.303 e. The maximum atomic E-state index is 10.5. The average Bonchev–Trinajstić information content (AvgIpc) is 2.72. The Morgan fingerprint density at radius 1 is 1.33 bits per heavy atom. The smallest absolute Gasteiger partial charge is 0.303 e. The van der Waals surface area contributed by atoms with E-state index in [1.165, 1.54) is 0 Å². The van der Waals surface area contributed by atoms with Crippen molar-refractivity contribution in [3.8, 4) is 11.3 Å². The van der Waals surface area contributed by atoms with Gasteiger partial charge >= 0.3 is 5.97 Å². The molecule has 2 rings (SSSR count). The fourth-order valence-electron chi connectivity index (χ4n) is 1.82. The lowest BCUT2D eigenvalue weighted by molar-refractivity contribution is -0.137. The average molecular weight is 245 g/mol. The third-order valence-corrected chi connectivity index (χ3v) is 2.79. The van der Waals surface area contributed by atoms with Crippen molar-refractivity contribution in [2.45, 2.75) is 26.3 Å². The summed E-state index contributed by atoms with van der Waals surface area (Å²) in [4.78, 5) is 10.5. The summed E-state index contributed by atoms with van der Waals surface area (Å²) in [5, 5.41) is 16.8. The summed E-state index contributed by atoms with van der Waals surface area (Å²) >= 11 is 0. The lowest BCUT2D eigenvalue weighted by Gasteiger charge is -2.02. The summed E-state index contributed by atoms with van der Waals surface area (Å²) in [6, 6.07) is 9.84. The van der Waals surface area contributed by atoms with Crippen molar-refractivity contribution < 1.29 is 9.90 Å². The number of benzene rings is 1. The molecule has 5 heteroatoms. The van der Waals surface area contributed by atoms with Crippen molar-refractivity contribution >= 4 is 5.97 Å². The SMILES string of the molecule is Cc1c(-c2ccccc2)nnn1CCCC(=O)O. The van der Waals surface area contributed by atoms with Crippen LogP contribution in [0.2, 0.25) is 0 Å². The molecule has 0 bridgehead atoms. The van der Waals surface area contributed by atoms with Gasteiger partial charge in [-0.05, 0) is 13.3 Å². The lowest BCUT2D eigenvalue weighted by atomic mass is 10.1. The highest BCUT2D eigenvalue weighted by atomic mass is 16.4. The second-order valence-corrected chi connectivity index (χ2v) is 4.11. The number of aliphatic carboxylic acids is 1. The minimum absolute atomic E-state index is 0.153. The minimum atomic E-state index is -0.781. The molecule has 0 aliphatic carbocycles. The third-order valence-electron chi connectivity index (χ3n) is 2.79. The van der Waals surface area contributed by atoms with Crippen LogP contribution in [0.1, 0.15) is 18.5 Å². The Morgan fingerprint density at radius 2 is 2.06 bits per heavy atom. The second kappa shape index (κ2) is 5.44. The largest absolute Gasteiger partial charge is 0.481 e. The molecule has 0 fully saturated rings. The minimum Gasteiger partial charge on any atom is -0.481 e. The lowest BCUT2D eigenvalue weighted by Crippen LogP contribution is -2.05. The zero-order valence-corrected chi connectivity index (χ0v) is 10.2. The van der Waals surface area contributed by atoms with E-state index in [0.29, 0.717) is 13.0 Å². The van der Waals surface area contributed by atoms with Gasteiger partial charge in [-0.3, -0.25) is 4.79 Å². The quantitative estimate of drug-likeness (QED) is 0.876. The van der Waals surface area contributed by atoms with Crippen molar-refractivity contribution in [1.82, 2.24) is 15.0 Å². The Bertz CT molecular complexity index is 534. The van der Waals surface area contributed by atoms with Gasteiger partial charge in [0.2, 0.25) is 0 Å². The predicted molar refractivity (Wildman–Crippen MR) is 67.1 cm³/mol. The van der Waals surface area contributed by atoms with Gasteiger partial charge in [0.05, 0.1) is 5.69 Å². The molecule has 0 spiro atoms. The molecule has 94 valence electrons.